The topological polar surface area (TPSA) is 33.5 Å². The van der Waals surface area contributed by atoms with Crippen LogP contribution in [-0.2, 0) is 4.79 Å². The van der Waals surface area contributed by atoms with Gasteiger partial charge in [-0.1, -0.05) is 11.6 Å². The summed E-state index contributed by atoms with van der Waals surface area (Å²) in [5, 5.41) is 3.25. The van der Waals surface area contributed by atoms with Gasteiger partial charge in [0.1, 0.15) is 0 Å². The van der Waals surface area contributed by atoms with Gasteiger partial charge >= 0.3 is 6.18 Å². The van der Waals surface area contributed by atoms with Crippen LogP contribution in [-0.4, -0.2) is 26.1 Å². The van der Waals surface area contributed by atoms with E-state index in [1.165, 1.54) is 6.08 Å². The van der Waals surface area contributed by atoms with Gasteiger partial charge in [0.2, 0.25) is 0 Å². The Hall–Kier alpha value is -1.79. The molecule has 0 amide bonds. The van der Waals surface area contributed by atoms with Crippen molar-refractivity contribution in [2.75, 3.05) is 19.4 Å². The number of quaternary nitrogens is 1. The third-order valence-electron chi connectivity index (χ3n) is 2.30. The van der Waals surface area contributed by atoms with Crippen molar-refractivity contribution in [3.63, 3.8) is 0 Å². The number of rotatable bonds is 5. The van der Waals surface area contributed by atoms with Gasteiger partial charge in [-0.3, -0.25) is 4.79 Å². The first-order valence-corrected chi connectivity index (χ1v) is 6.40. The summed E-state index contributed by atoms with van der Waals surface area (Å²) in [5.41, 5.74) is 0.569. The van der Waals surface area contributed by atoms with Gasteiger partial charge in [0.05, 0.1) is 20.3 Å². The maximum atomic E-state index is 12.3. The average Bonchev–Trinajstić information content (AvgIpc) is 2.37. The van der Waals surface area contributed by atoms with Gasteiger partial charge in [0.15, 0.2) is 0 Å². The molecular formula is C14H15ClF3N2O+. The van der Waals surface area contributed by atoms with Crippen LogP contribution >= 0.6 is 11.6 Å². The molecule has 0 heterocycles. The van der Waals surface area contributed by atoms with Crippen molar-refractivity contribution in [1.29, 1.82) is 0 Å². The standard InChI is InChI=1S/C14H14ClF3N2O/c1-20(2)8-7-12(9-13(21)14(16,17)18)19-11-5-3-10(15)4-6-11/h3-9,19H,1-2H3/p+1/b8-7+,12-9?. The van der Waals surface area contributed by atoms with E-state index >= 15 is 0 Å². The summed E-state index contributed by atoms with van der Waals surface area (Å²) in [6.45, 7) is 0. The monoisotopic (exact) mass is 319 g/mol. The van der Waals surface area contributed by atoms with E-state index in [4.69, 9.17) is 11.6 Å². The van der Waals surface area contributed by atoms with Crippen LogP contribution in [0.1, 0.15) is 0 Å². The molecule has 0 saturated carbocycles. The average molecular weight is 320 g/mol. The number of alkyl halides is 3. The molecule has 0 bridgehead atoms. The second-order valence-corrected chi connectivity index (χ2v) is 4.94. The molecule has 0 unspecified atom stereocenters. The van der Waals surface area contributed by atoms with Crippen molar-refractivity contribution >= 4 is 23.1 Å². The third kappa shape index (κ3) is 6.46. The number of nitrogens with one attached hydrogen (secondary N) is 2. The van der Waals surface area contributed by atoms with Crippen LogP contribution in [0.5, 0.6) is 0 Å². The Morgan fingerprint density at radius 3 is 2.29 bits per heavy atom. The smallest absolute Gasteiger partial charge is 0.355 e. The fourth-order valence-electron chi connectivity index (χ4n) is 1.31. The van der Waals surface area contributed by atoms with Crippen molar-refractivity contribution in [2.45, 2.75) is 6.18 Å². The SMILES string of the molecule is C[NH+](C)/C=C/C(=CC(=O)C(F)(F)F)Nc1ccc(Cl)cc1. The summed E-state index contributed by atoms with van der Waals surface area (Å²) in [7, 11) is 3.59. The summed E-state index contributed by atoms with van der Waals surface area (Å²) >= 11 is 5.73. The van der Waals surface area contributed by atoms with Crippen LogP contribution in [0.25, 0.3) is 0 Å². The van der Waals surface area contributed by atoms with Crippen molar-refractivity contribution in [2.24, 2.45) is 0 Å². The van der Waals surface area contributed by atoms with E-state index in [9.17, 15) is 18.0 Å². The fraction of sp³-hybridized carbons (Fsp3) is 0.214. The number of hydrogen-bond acceptors (Lipinski definition) is 2. The minimum Gasteiger partial charge on any atom is -0.355 e. The number of carbonyl (C=O) groups is 1. The number of anilines is 1. The van der Waals surface area contributed by atoms with Crippen LogP contribution in [0, 0.1) is 0 Å². The number of hydrogen-bond donors (Lipinski definition) is 2. The van der Waals surface area contributed by atoms with Crippen LogP contribution < -0.4 is 10.2 Å². The number of ketones is 1. The zero-order chi connectivity index (χ0) is 16.0. The maximum absolute atomic E-state index is 12.3. The largest absolute Gasteiger partial charge is 0.454 e. The first-order chi connectivity index (χ1) is 9.68. The molecule has 0 aromatic heterocycles. The molecule has 0 radical (unpaired) electrons. The summed E-state index contributed by atoms with van der Waals surface area (Å²) in [4.78, 5) is 11.9. The van der Waals surface area contributed by atoms with E-state index in [2.05, 4.69) is 5.32 Å². The Labute approximate surface area is 125 Å². The van der Waals surface area contributed by atoms with Crippen LogP contribution in [0.4, 0.5) is 18.9 Å². The lowest BCUT2D eigenvalue weighted by atomic mass is 10.2. The van der Waals surface area contributed by atoms with Gasteiger partial charge in [-0.05, 0) is 24.3 Å². The molecule has 1 aromatic rings. The van der Waals surface area contributed by atoms with Crippen molar-refractivity contribution in [3.05, 3.63) is 53.3 Å². The second-order valence-electron chi connectivity index (χ2n) is 4.50. The van der Waals surface area contributed by atoms with Crippen LogP contribution in [0.3, 0.4) is 0 Å². The van der Waals surface area contributed by atoms with E-state index in [0.29, 0.717) is 16.8 Å². The number of halogens is 4. The van der Waals surface area contributed by atoms with Gasteiger partial charge in [0, 0.05) is 28.6 Å². The zero-order valence-corrected chi connectivity index (χ0v) is 12.2. The normalized spacial score (nSPS) is 13.0. The van der Waals surface area contributed by atoms with E-state index in [0.717, 1.165) is 4.90 Å². The van der Waals surface area contributed by atoms with E-state index < -0.39 is 12.0 Å². The molecule has 0 atom stereocenters. The van der Waals surface area contributed by atoms with Crippen molar-refractivity contribution in [3.8, 4) is 0 Å². The van der Waals surface area contributed by atoms with Gasteiger partial charge in [-0.15, -0.1) is 0 Å². The molecule has 21 heavy (non-hydrogen) atoms. The molecule has 0 fully saturated rings. The lowest BCUT2D eigenvalue weighted by molar-refractivity contribution is -0.801. The van der Waals surface area contributed by atoms with Crippen LogP contribution in [0.2, 0.25) is 5.02 Å². The molecule has 0 aliphatic heterocycles. The third-order valence-corrected chi connectivity index (χ3v) is 2.55. The molecule has 7 heteroatoms. The lowest BCUT2D eigenvalue weighted by Gasteiger charge is -2.09. The lowest BCUT2D eigenvalue weighted by Crippen LogP contribution is -3.00. The Balaban J connectivity index is 3.00. The number of benzene rings is 1. The molecule has 1 rings (SSSR count). The minimum absolute atomic E-state index is 0.0425. The minimum atomic E-state index is -4.90. The highest BCUT2D eigenvalue weighted by atomic mass is 35.5. The van der Waals surface area contributed by atoms with E-state index in [1.807, 2.05) is 0 Å². The van der Waals surface area contributed by atoms with Crippen LogP contribution in [0.15, 0.2) is 48.3 Å². The molecule has 2 N–H and O–H groups in total. The number of carbonyl (C=O) groups excluding carboxylic acids is 1. The van der Waals surface area contributed by atoms with Crippen molar-refractivity contribution in [1.82, 2.24) is 0 Å². The maximum Gasteiger partial charge on any atom is 0.454 e. The highest BCUT2D eigenvalue weighted by molar-refractivity contribution is 6.30. The Bertz CT molecular complexity index is 548. The first-order valence-electron chi connectivity index (χ1n) is 6.02. The molecule has 0 spiro atoms. The predicted molar refractivity (Wildman–Crippen MR) is 76.2 cm³/mol. The van der Waals surface area contributed by atoms with Gasteiger partial charge < -0.3 is 10.2 Å². The molecular weight excluding hydrogens is 305 g/mol. The molecule has 0 saturated heterocycles. The zero-order valence-electron chi connectivity index (χ0n) is 11.5. The van der Waals surface area contributed by atoms with Gasteiger partial charge in [-0.2, -0.15) is 13.2 Å². The van der Waals surface area contributed by atoms with E-state index in [1.54, 1.807) is 44.6 Å². The summed E-state index contributed by atoms with van der Waals surface area (Å²) in [6, 6.07) is 6.39. The fourth-order valence-corrected chi connectivity index (χ4v) is 1.43. The van der Waals surface area contributed by atoms with Crippen molar-refractivity contribution < 1.29 is 22.9 Å². The summed E-state index contributed by atoms with van der Waals surface area (Å²) in [5.74, 6) is -1.92. The first kappa shape index (κ1) is 17.3. The number of allylic oxidation sites excluding steroid dienone is 2. The Morgan fingerprint density at radius 1 is 1.24 bits per heavy atom. The summed E-state index contributed by atoms with van der Waals surface area (Å²) in [6.07, 6.45) is -1.36. The molecule has 1 aromatic carbocycles. The highest BCUT2D eigenvalue weighted by Crippen LogP contribution is 2.19. The second kappa shape index (κ2) is 7.28. The Kier molecular flexibility index (Phi) is 5.99. The Morgan fingerprint density at radius 2 is 1.81 bits per heavy atom. The van der Waals surface area contributed by atoms with Gasteiger partial charge in [-0.25, -0.2) is 0 Å². The predicted octanol–water partition coefficient (Wildman–Crippen LogP) is 2.43. The molecule has 0 aliphatic carbocycles. The quantitative estimate of drug-likeness (QED) is 0.645. The molecule has 3 nitrogen and oxygen atoms in total. The van der Waals surface area contributed by atoms with Gasteiger partial charge in [0.25, 0.3) is 5.78 Å². The molecule has 114 valence electrons. The highest BCUT2D eigenvalue weighted by Gasteiger charge is 2.36. The van der Waals surface area contributed by atoms with E-state index in [-0.39, 0.29) is 5.70 Å². The summed E-state index contributed by atoms with van der Waals surface area (Å²) < 4.78 is 37.0. The molecule has 0 aliphatic rings.